The van der Waals surface area contributed by atoms with E-state index in [9.17, 15) is 8.42 Å². The van der Waals surface area contributed by atoms with Crippen LogP contribution in [-0.4, -0.2) is 40.7 Å². The van der Waals surface area contributed by atoms with Crippen LogP contribution in [0.2, 0.25) is 0 Å². The Morgan fingerprint density at radius 2 is 2.00 bits per heavy atom. The zero-order chi connectivity index (χ0) is 17.8. The van der Waals surface area contributed by atoms with Gasteiger partial charge < -0.3 is 4.52 Å². The SMILES string of the molecule is Cc1cc(C)n(C2CN(S(=O)(=O)c3cc(-c4ccno4)sc3C)C2)n1. The number of rotatable bonds is 4. The van der Waals surface area contributed by atoms with Crippen LogP contribution < -0.4 is 0 Å². The van der Waals surface area contributed by atoms with Gasteiger partial charge in [0.05, 0.1) is 27.7 Å². The molecule has 4 rings (SSSR count). The fourth-order valence-electron chi connectivity index (χ4n) is 3.11. The first-order valence-corrected chi connectivity index (χ1v) is 10.2. The van der Waals surface area contributed by atoms with E-state index in [4.69, 9.17) is 4.52 Å². The van der Waals surface area contributed by atoms with Crippen molar-refractivity contribution in [2.75, 3.05) is 13.1 Å². The fraction of sp³-hybridized carbons (Fsp3) is 0.375. The van der Waals surface area contributed by atoms with Gasteiger partial charge in [-0.05, 0) is 32.9 Å². The van der Waals surface area contributed by atoms with Crippen molar-refractivity contribution in [2.45, 2.75) is 31.7 Å². The van der Waals surface area contributed by atoms with Gasteiger partial charge in [0, 0.05) is 29.7 Å². The molecule has 0 amide bonds. The Morgan fingerprint density at radius 3 is 2.60 bits per heavy atom. The predicted molar refractivity (Wildman–Crippen MR) is 94.0 cm³/mol. The van der Waals surface area contributed by atoms with Crippen LogP contribution in [0.5, 0.6) is 0 Å². The maximum absolute atomic E-state index is 12.9. The highest BCUT2D eigenvalue weighted by Crippen LogP contribution is 2.37. The van der Waals surface area contributed by atoms with Crippen LogP contribution in [0.25, 0.3) is 10.6 Å². The summed E-state index contributed by atoms with van der Waals surface area (Å²) in [6, 6.07) is 5.50. The number of thiophene rings is 1. The van der Waals surface area contributed by atoms with E-state index >= 15 is 0 Å². The summed E-state index contributed by atoms with van der Waals surface area (Å²) in [5.41, 5.74) is 2.00. The molecule has 1 fully saturated rings. The highest BCUT2D eigenvalue weighted by molar-refractivity contribution is 7.89. The van der Waals surface area contributed by atoms with Crippen molar-refractivity contribution in [3.8, 4) is 10.6 Å². The lowest BCUT2D eigenvalue weighted by Crippen LogP contribution is -2.51. The van der Waals surface area contributed by atoms with Gasteiger partial charge in [-0.1, -0.05) is 5.16 Å². The molecule has 25 heavy (non-hydrogen) atoms. The van der Waals surface area contributed by atoms with Crippen LogP contribution in [0.3, 0.4) is 0 Å². The Balaban J connectivity index is 1.56. The van der Waals surface area contributed by atoms with Gasteiger partial charge in [-0.3, -0.25) is 4.68 Å². The minimum Gasteiger partial charge on any atom is -0.355 e. The molecular formula is C16H18N4O3S2. The molecule has 0 atom stereocenters. The second-order valence-corrected chi connectivity index (χ2v) is 9.42. The molecule has 0 radical (unpaired) electrons. The molecule has 0 bridgehead atoms. The largest absolute Gasteiger partial charge is 0.355 e. The average molecular weight is 378 g/mol. The van der Waals surface area contributed by atoms with Crippen LogP contribution >= 0.6 is 11.3 Å². The summed E-state index contributed by atoms with van der Waals surface area (Å²) < 4.78 is 34.4. The van der Waals surface area contributed by atoms with Crippen molar-refractivity contribution in [3.05, 3.63) is 40.7 Å². The zero-order valence-corrected chi connectivity index (χ0v) is 15.8. The van der Waals surface area contributed by atoms with Crippen molar-refractivity contribution in [1.82, 2.24) is 19.2 Å². The molecule has 1 aliphatic rings. The van der Waals surface area contributed by atoms with Gasteiger partial charge >= 0.3 is 0 Å². The normalized spacial score (nSPS) is 16.3. The molecule has 3 aromatic heterocycles. The molecule has 132 valence electrons. The van der Waals surface area contributed by atoms with E-state index < -0.39 is 10.0 Å². The highest BCUT2D eigenvalue weighted by Gasteiger charge is 2.40. The Bertz CT molecular complexity index is 1010. The molecule has 9 heteroatoms. The molecule has 0 N–H and O–H groups in total. The van der Waals surface area contributed by atoms with Gasteiger partial charge in [0.1, 0.15) is 0 Å². The first kappa shape index (κ1) is 16.5. The lowest BCUT2D eigenvalue weighted by Gasteiger charge is -2.38. The molecule has 1 saturated heterocycles. The van der Waals surface area contributed by atoms with E-state index in [0.29, 0.717) is 23.7 Å². The van der Waals surface area contributed by atoms with Gasteiger partial charge in [0.15, 0.2) is 5.76 Å². The molecule has 0 spiro atoms. The first-order chi connectivity index (χ1) is 11.9. The molecule has 1 aliphatic heterocycles. The van der Waals surface area contributed by atoms with Gasteiger partial charge in [-0.2, -0.15) is 9.40 Å². The van der Waals surface area contributed by atoms with Gasteiger partial charge in [0.2, 0.25) is 10.0 Å². The average Bonchev–Trinajstić information content (AvgIpc) is 3.18. The summed E-state index contributed by atoms with van der Waals surface area (Å²) in [5, 5.41) is 8.13. The minimum absolute atomic E-state index is 0.0937. The minimum atomic E-state index is -3.51. The number of aromatic nitrogens is 3. The van der Waals surface area contributed by atoms with E-state index in [2.05, 4.69) is 10.3 Å². The first-order valence-electron chi connectivity index (χ1n) is 7.90. The summed E-state index contributed by atoms with van der Waals surface area (Å²) in [4.78, 5) is 1.86. The number of hydrogen-bond donors (Lipinski definition) is 0. The van der Waals surface area contributed by atoms with Gasteiger partial charge in [-0.15, -0.1) is 11.3 Å². The number of hydrogen-bond acceptors (Lipinski definition) is 6. The smallest absolute Gasteiger partial charge is 0.244 e. The van der Waals surface area contributed by atoms with Crippen LogP contribution in [0.4, 0.5) is 0 Å². The van der Waals surface area contributed by atoms with Crippen molar-refractivity contribution in [1.29, 1.82) is 0 Å². The van der Waals surface area contributed by atoms with Gasteiger partial charge in [-0.25, -0.2) is 8.42 Å². The Labute approximate surface area is 149 Å². The predicted octanol–water partition coefficient (Wildman–Crippen LogP) is 2.77. The second-order valence-electron chi connectivity index (χ2n) is 6.26. The Morgan fingerprint density at radius 1 is 1.24 bits per heavy atom. The van der Waals surface area contributed by atoms with E-state index in [1.54, 1.807) is 18.3 Å². The summed E-state index contributed by atoms with van der Waals surface area (Å²) in [7, 11) is -3.51. The second kappa shape index (κ2) is 5.79. The third-order valence-corrected chi connectivity index (χ3v) is 7.54. The lowest BCUT2D eigenvalue weighted by atomic mass is 10.2. The molecule has 0 unspecified atom stereocenters. The number of sulfonamides is 1. The van der Waals surface area contributed by atoms with E-state index in [-0.39, 0.29) is 6.04 Å². The van der Waals surface area contributed by atoms with E-state index in [1.807, 2.05) is 31.5 Å². The van der Waals surface area contributed by atoms with Crippen LogP contribution in [0.1, 0.15) is 22.3 Å². The maximum Gasteiger partial charge on any atom is 0.244 e. The lowest BCUT2D eigenvalue weighted by molar-refractivity contribution is 0.188. The van der Waals surface area contributed by atoms with Crippen molar-refractivity contribution < 1.29 is 12.9 Å². The monoisotopic (exact) mass is 378 g/mol. The zero-order valence-electron chi connectivity index (χ0n) is 14.1. The van der Waals surface area contributed by atoms with Crippen molar-refractivity contribution in [3.63, 3.8) is 0 Å². The van der Waals surface area contributed by atoms with Crippen LogP contribution in [-0.2, 0) is 10.0 Å². The quantitative estimate of drug-likeness (QED) is 0.697. The molecule has 3 aromatic rings. The third kappa shape index (κ3) is 2.72. The molecule has 0 saturated carbocycles. The number of nitrogens with zero attached hydrogens (tertiary/aromatic N) is 4. The Kier molecular flexibility index (Phi) is 3.82. The molecule has 0 aromatic carbocycles. The highest BCUT2D eigenvalue weighted by atomic mass is 32.2. The molecule has 7 nitrogen and oxygen atoms in total. The third-order valence-electron chi connectivity index (χ3n) is 4.39. The summed E-state index contributed by atoms with van der Waals surface area (Å²) >= 11 is 1.40. The van der Waals surface area contributed by atoms with Crippen LogP contribution in [0, 0.1) is 20.8 Å². The molecule has 4 heterocycles. The summed E-state index contributed by atoms with van der Waals surface area (Å²) in [6.07, 6.45) is 1.55. The van der Waals surface area contributed by atoms with Crippen molar-refractivity contribution >= 4 is 21.4 Å². The number of aryl methyl sites for hydroxylation is 3. The van der Waals surface area contributed by atoms with E-state index in [0.717, 1.165) is 21.1 Å². The topological polar surface area (TPSA) is 81.2 Å². The van der Waals surface area contributed by atoms with E-state index in [1.165, 1.54) is 15.6 Å². The van der Waals surface area contributed by atoms with Crippen molar-refractivity contribution in [2.24, 2.45) is 0 Å². The van der Waals surface area contributed by atoms with Gasteiger partial charge in [0.25, 0.3) is 0 Å². The molecule has 0 aliphatic carbocycles. The maximum atomic E-state index is 12.9. The summed E-state index contributed by atoms with van der Waals surface area (Å²) in [5.74, 6) is 0.582. The molecular weight excluding hydrogens is 360 g/mol. The fourth-order valence-corrected chi connectivity index (χ4v) is 6.14. The Hall–Kier alpha value is -1.97. The summed E-state index contributed by atoms with van der Waals surface area (Å²) in [6.45, 7) is 6.63. The van der Waals surface area contributed by atoms with Crippen LogP contribution in [0.15, 0.2) is 33.8 Å². The standard InChI is InChI=1S/C16H18N4O3S2/c1-10-6-11(2)20(18-10)13-8-19(9-13)25(21,22)16-7-15(24-12(16)3)14-4-5-17-23-14/h4-7,13H,8-9H2,1-3H3.